The summed E-state index contributed by atoms with van der Waals surface area (Å²) in [6, 6.07) is 0.275. The van der Waals surface area contributed by atoms with E-state index in [-0.39, 0.29) is 17.7 Å². The Bertz CT molecular complexity index is 485. The Morgan fingerprint density at radius 2 is 1.76 bits per heavy atom. The highest BCUT2D eigenvalue weighted by molar-refractivity contribution is 7.92. The number of piperidine rings is 1. The lowest BCUT2D eigenvalue weighted by atomic mass is 9.88. The summed E-state index contributed by atoms with van der Waals surface area (Å²) in [6.07, 6.45) is 6.37. The fraction of sp³-hybridized carbons (Fsp3) is 0.933. The van der Waals surface area contributed by atoms with Crippen LogP contribution in [0.2, 0.25) is 0 Å². The van der Waals surface area contributed by atoms with E-state index in [1.165, 1.54) is 0 Å². The molecule has 21 heavy (non-hydrogen) atoms. The molecule has 0 saturated carbocycles. The zero-order valence-corrected chi connectivity index (χ0v) is 13.4. The third-order valence-electron chi connectivity index (χ3n) is 5.36. The summed E-state index contributed by atoms with van der Waals surface area (Å²) >= 11 is 0. The van der Waals surface area contributed by atoms with E-state index in [1.807, 2.05) is 4.90 Å². The molecule has 1 N–H and O–H groups in total. The maximum absolute atomic E-state index is 12.8. The van der Waals surface area contributed by atoms with Gasteiger partial charge in [-0.2, -0.15) is 0 Å². The molecule has 5 nitrogen and oxygen atoms in total. The summed E-state index contributed by atoms with van der Waals surface area (Å²) in [4.78, 5) is 14.7. The van der Waals surface area contributed by atoms with E-state index in [1.54, 1.807) is 0 Å². The van der Waals surface area contributed by atoms with Crippen LogP contribution in [0.4, 0.5) is 0 Å². The van der Waals surface area contributed by atoms with E-state index >= 15 is 0 Å². The van der Waals surface area contributed by atoms with Gasteiger partial charge in [0.1, 0.15) is 5.25 Å². The zero-order valence-electron chi connectivity index (χ0n) is 12.6. The Hall–Kier alpha value is -0.620. The third kappa shape index (κ3) is 3.11. The van der Waals surface area contributed by atoms with Crippen LogP contribution in [0.1, 0.15) is 44.9 Å². The molecule has 0 aromatic carbocycles. The fourth-order valence-corrected chi connectivity index (χ4v) is 6.06. The van der Waals surface area contributed by atoms with Crippen molar-refractivity contribution < 1.29 is 13.2 Å². The minimum Gasteiger partial charge on any atom is -0.338 e. The first kappa shape index (κ1) is 15.3. The van der Waals surface area contributed by atoms with E-state index in [2.05, 4.69) is 5.32 Å². The molecule has 0 aliphatic carbocycles. The predicted octanol–water partition coefficient (Wildman–Crippen LogP) is 0.944. The minimum atomic E-state index is -3.22. The second-order valence-electron chi connectivity index (χ2n) is 6.68. The highest BCUT2D eigenvalue weighted by atomic mass is 32.2. The van der Waals surface area contributed by atoms with Gasteiger partial charge in [-0.05, 0) is 57.5 Å². The van der Waals surface area contributed by atoms with Crippen LogP contribution in [0.5, 0.6) is 0 Å². The maximum Gasteiger partial charge on any atom is 0.241 e. The lowest BCUT2D eigenvalue weighted by Gasteiger charge is -2.36. The van der Waals surface area contributed by atoms with Gasteiger partial charge in [0.25, 0.3) is 0 Å². The normalized spacial score (nSPS) is 34.0. The van der Waals surface area contributed by atoms with E-state index in [0.29, 0.717) is 18.8 Å². The molecule has 0 aromatic heterocycles. The van der Waals surface area contributed by atoms with E-state index in [4.69, 9.17) is 0 Å². The lowest BCUT2D eigenvalue weighted by molar-refractivity contribution is -0.132. The van der Waals surface area contributed by atoms with Gasteiger partial charge in [0.2, 0.25) is 5.91 Å². The molecule has 0 bridgehead atoms. The van der Waals surface area contributed by atoms with Crippen LogP contribution in [0, 0.1) is 5.92 Å². The first-order valence-electron chi connectivity index (χ1n) is 8.32. The van der Waals surface area contributed by atoms with Crippen LogP contribution < -0.4 is 5.32 Å². The number of nitrogens with zero attached hydrogens (tertiary/aromatic N) is 1. The van der Waals surface area contributed by atoms with Gasteiger partial charge in [-0.3, -0.25) is 4.79 Å². The highest BCUT2D eigenvalue weighted by Crippen LogP contribution is 2.32. The molecule has 3 aliphatic heterocycles. The fourth-order valence-electron chi connectivity index (χ4n) is 4.20. The summed E-state index contributed by atoms with van der Waals surface area (Å²) < 4.78 is 24.4. The summed E-state index contributed by atoms with van der Waals surface area (Å²) in [5.41, 5.74) is 0. The van der Waals surface area contributed by atoms with Crippen molar-refractivity contribution in [1.29, 1.82) is 0 Å². The minimum absolute atomic E-state index is 0.101. The quantitative estimate of drug-likeness (QED) is 0.824. The molecule has 3 rings (SSSR count). The van der Waals surface area contributed by atoms with Crippen LogP contribution in [0.25, 0.3) is 0 Å². The molecule has 1 amide bonds. The number of hydrogen-bond donors (Lipinski definition) is 1. The van der Waals surface area contributed by atoms with Gasteiger partial charge in [0, 0.05) is 12.6 Å². The Morgan fingerprint density at radius 1 is 1.00 bits per heavy atom. The Kier molecular flexibility index (Phi) is 4.54. The second-order valence-corrected chi connectivity index (χ2v) is 8.98. The molecule has 0 spiro atoms. The summed E-state index contributed by atoms with van der Waals surface area (Å²) in [6.45, 7) is 2.79. The van der Waals surface area contributed by atoms with Crippen molar-refractivity contribution in [2.45, 2.75) is 56.2 Å². The van der Waals surface area contributed by atoms with Crippen molar-refractivity contribution in [3.63, 3.8) is 0 Å². The third-order valence-corrected chi connectivity index (χ3v) is 7.53. The van der Waals surface area contributed by atoms with Gasteiger partial charge in [-0.1, -0.05) is 6.42 Å². The van der Waals surface area contributed by atoms with Gasteiger partial charge in [-0.15, -0.1) is 0 Å². The van der Waals surface area contributed by atoms with Crippen molar-refractivity contribution in [3.8, 4) is 0 Å². The summed E-state index contributed by atoms with van der Waals surface area (Å²) in [5, 5.41) is 2.60. The predicted molar refractivity (Wildman–Crippen MR) is 81.8 cm³/mol. The molecule has 120 valence electrons. The van der Waals surface area contributed by atoms with Gasteiger partial charge in [-0.25, -0.2) is 8.42 Å². The van der Waals surface area contributed by atoms with E-state index in [0.717, 1.165) is 51.7 Å². The average molecular weight is 314 g/mol. The Morgan fingerprint density at radius 3 is 2.48 bits per heavy atom. The second kappa shape index (κ2) is 6.24. The Labute approximate surface area is 127 Å². The number of hydrogen-bond acceptors (Lipinski definition) is 4. The molecule has 0 aromatic rings. The summed E-state index contributed by atoms with van der Waals surface area (Å²) in [7, 11) is -3.22. The Balaban J connectivity index is 1.73. The number of nitrogens with one attached hydrogen (secondary N) is 1. The van der Waals surface area contributed by atoms with Crippen LogP contribution in [0.15, 0.2) is 0 Å². The van der Waals surface area contributed by atoms with Gasteiger partial charge in [0.15, 0.2) is 9.84 Å². The summed E-state index contributed by atoms with van der Waals surface area (Å²) in [5.74, 6) is 0.634. The van der Waals surface area contributed by atoms with Crippen molar-refractivity contribution in [1.82, 2.24) is 10.2 Å². The molecule has 6 heteroatoms. The number of likely N-dealkylation sites (tertiary alicyclic amines) is 1. The van der Waals surface area contributed by atoms with Crippen molar-refractivity contribution in [3.05, 3.63) is 0 Å². The molecule has 0 radical (unpaired) electrons. The van der Waals surface area contributed by atoms with Gasteiger partial charge in [0.05, 0.1) is 5.75 Å². The first-order chi connectivity index (χ1) is 10.1. The number of carbonyl (C=O) groups excluding carboxylic acids is 1. The van der Waals surface area contributed by atoms with Crippen LogP contribution in [-0.4, -0.2) is 55.9 Å². The molecule has 3 aliphatic rings. The van der Waals surface area contributed by atoms with Gasteiger partial charge < -0.3 is 10.2 Å². The number of carbonyl (C=O) groups is 1. The topological polar surface area (TPSA) is 66.5 Å². The molecule has 2 unspecified atom stereocenters. The molecule has 3 fully saturated rings. The number of amides is 1. The van der Waals surface area contributed by atoms with Gasteiger partial charge >= 0.3 is 0 Å². The molecule has 3 saturated heterocycles. The van der Waals surface area contributed by atoms with Crippen LogP contribution >= 0.6 is 0 Å². The highest BCUT2D eigenvalue weighted by Gasteiger charge is 2.42. The monoisotopic (exact) mass is 314 g/mol. The maximum atomic E-state index is 12.8. The smallest absolute Gasteiger partial charge is 0.241 e. The first-order valence-corrected chi connectivity index (χ1v) is 10.0. The zero-order chi connectivity index (χ0) is 14.9. The lowest BCUT2D eigenvalue weighted by Crippen LogP contribution is -2.50. The van der Waals surface area contributed by atoms with Crippen LogP contribution in [-0.2, 0) is 14.6 Å². The van der Waals surface area contributed by atoms with Crippen molar-refractivity contribution in [2.24, 2.45) is 5.92 Å². The van der Waals surface area contributed by atoms with E-state index < -0.39 is 15.1 Å². The average Bonchev–Trinajstić information content (AvgIpc) is 2.96. The van der Waals surface area contributed by atoms with Crippen LogP contribution in [0.3, 0.4) is 0 Å². The SMILES string of the molecule is O=C(C1CCCCS1(=O)=O)N1CCCC1C1CCNCC1. The van der Waals surface area contributed by atoms with Crippen molar-refractivity contribution >= 4 is 15.7 Å². The standard InChI is InChI=1S/C15H26N2O3S/c18-15(14-5-1-2-11-21(14,19)20)17-10-3-4-13(17)12-6-8-16-9-7-12/h12-14,16H,1-11H2. The molecular formula is C15H26N2O3S. The molecule has 2 atom stereocenters. The largest absolute Gasteiger partial charge is 0.338 e. The molecular weight excluding hydrogens is 288 g/mol. The number of rotatable bonds is 2. The molecule has 3 heterocycles. The van der Waals surface area contributed by atoms with Crippen molar-refractivity contribution in [2.75, 3.05) is 25.4 Å². The van der Waals surface area contributed by atoms with E-state index in [9.17, 15) is 13.2 Å². The number of sulfone groups is 1.